The number of hydrogen-bond donors (Lipinski definition) is 2. The highest BCUT2D eigenvalue weighted by Crippen LogP contribution is 2.37. The molecule has 2 amide bonds. The van der Waals surface area contributed by atoms with Gasteiger partial charge in [-0.1, -0.05) is 49.1 Å². The lowest BCUT2D eigenvalue weighted by Gasteiger charge is -2.31. The second kappa shape index (κ2) is 9.75. The Morgan fingerprint density at radius 3 is 2.53 bits per heavy atom. The average Bonchev–Trinajstić information content (AvgIpc) is 3.12. The van der Waals surface area contributed by atoms with E-state index in [0.717, 1.165) is 31.2 Å². The number of benzene rings is 1. The second-order valence-electron chi connectivity index (χ2n) is 7.35. The van der Waals surface area contributed by atoms with Crippen LogP contribution in [0.1, 0.15) is 54.2 Å². The zero-order valence-corrected chi connectivity index (χ0v) is 17.7. The summed E-state index contributed by atoms with van der Waals surface area (Å²) in [6.45, 7) is 0. The predicted molar refractivity (Wildman–Crippen MR) is 112 cm³/mol. The van der Waals surface area contributed by atoms with Crippen LogP contribution in [0.15, 0.2) is 30.3 Å². The summed E-state index contributed by atoms with van der Waals surface area (Å²) in [5.74, 6) is -1.94. The third-order valence-electron chi connectivity index (χ3n) is 5.37. The average molecular weight is 433 g/mol. The van der Waals surface area contributed by atoms with E-state index in [9.17, 15) is 14.4 Å². The van der Waals surface area contributed by atoms with Crippen LogP contribution in [0, 0.1) is 5.92 Å². The van der Waals surface area contributed by atoms with Gasteiger partial charge >= 0.3 is 17.8 Å². The normalized spacial score (nSPS) is 15.3. The Kier molecular flexibility index (Phi) is 7.10. The molecule has 2 aromatic rings. The maximum Gasteiger partial charge on any atom is 0.356 e. The molecular formula is C21H25ClN4O4. The highest BCUT2D eigenvalue weighted by Gasteiger charge is 2.30. The van der Waals surface area contributed by atoms with Crippen molar-refractivity contribution < 1.29 is 19.1 Å². The number of esters is 1. The van der Waals surface area contributed by atoms with Gasteiger partial charge in [-0.15, -0.1) is 0 Å². The molecule has 1 atom stereocenters. The van der Waals surface area contributed by atoms with E-state index in [4.69, 9.17) is 11.6 Å². The number of aromatic nitrogens is 2. The van der Waals surface area contributed by atoms with Crippen LogP contribution >= 0.6 is 11.6 Å². The topological polar surface area (TPSA) is 102 Å². The Morgan fingerprint density at radius 1 is 1.17 bits per heavy atom. The minimum atomic E-state index is -0.864. The van der Waals surface area contributed by atoms with Gasteiger partial charge < -0.3 is 15.4 Å². The number of rotatable bonds is 5. The first-order valence-corrected chi connectivity index (χ1v) is 10.3. The van der Waals surface area contributed by atoms with Gasteiger partial charge in [0.05, 0.1) is 13.2 Å². The Morgan fingerprint density at radius 2 is 1.87 bits per heavy atom. The Balaban J connectivity index is 1.74. The number of ether oxygens (including phenoxy) is 1. The summed E-state index contributed by atoms with van der Waals surface area (Å²) < 4.78 is 5.93. The van der Waals surface area contributed by atoms with Gasteiger partial charge in [-0.3, -0.25) is 14.3 Å². The fraction of sp³-hybridized carbons (Fsp3) is 0.429. The molecule has 0 bridgehead atoms. The van der Waals surface area contributed by atoms with Crippen molar-refractivity contribution in [1.82, 2.24) is 15.1 Å². The highest BCUT2D eigenvalue weighted by molar-refractivity contribution is 6.39. The van der Waals surface area contributed by atoms with Crippen molar-refractivity contribution in [1.29, 1.82) is 0 Å². The van der Waals surface area contributed by atoms with Crippen LogP contribution in [0.3, 0.4) is 0 Å². The number of nitrogens with zero attached hydrogens (tertiary/aromatic N) is 2. The number of halogens is 1. The third-order valence-corrected chi connectivity index (χ3v) is 5.71. The van der Waals surface area contributed by atoms with Crippen molar-refractivity contribution in [3.8, 4) is 0 Å². The summed E-state index contributed by atoms with van der Waals surface area (Å²) >= 11 is 6.39. The van der Waals surface area contributed by atoms with E-state index in [2.05, 4.69) is 20.5 Å². The number of anilines is 1. The van der Waals surface area contributed by atoms with Crippen LogP contribution in [-0.2, 0) is 21.4 Å². The van der Waals surface area contributed by atoms with Crippen LogP contribution in [0.4, 0.5) is 5.82 Å². The van der Waals surface area contributed by atoms with E-state index in [1.807, 2.05) is 18.2 Å². The van der Waals surface area contributed by atoms with Gasteiger partial charge in [0.2, 0.25) is 0 Å². The number of carbonyl (C=O) groups is 3. The van der Waals surface area contributed by atoms with Gasteiger partial charge in [-0.2, -0.15) is 5.10 Å². The molecule has 1 heterocycles. The maximum absolute atomic E-state index is 12.7. The molecule has 0 saturated heterocycles. The minimum Gasteiger partial charge on any atom is -0.464 e. The van der Waals surface area contributed by atoms with Crippen molar-refractivity contribution in [2.45, 2.75) is 38.1 Å². The van der Waals surface area contributed by atoms with Crippen molar-refractivity contribution in [2.75, 3.05) is 12.4 Å². The molecule has 9 heteroatoms. The van der Waals surface area contributed by atoms with E-state index in [1.165, 1.54) is 24.3 Å². The standard InChI is InChI=1S/C21H25ClN4O4/c1-26-16(21(29)30-2)12-17(25-26)23-19(27)20(28)24-18(13-8-4-3-5-9-13)14-10-6-7-11-15(14)22/h6-7,10-13,18H,3-5,8-9H2,1-2H3,(H,24,28)(H,23,25,27). The molecule has 1 fully saturated rings. The second-order valence-corrected chi connectivity index (χ2v) is 7.76. The van der Waals surface area contributed by atoms with E-state index in [0.29, 0.717) is 5.02 Å². The summed E-state index contributed by atoms with van der Waals surface area (Å²) in [4.78, 5) is 36.8. The van der Waals surface area contributed by atoms with Crippen LogP contribution in [0.5, 0.6) is 0 Å². The summed E-state index contributed by atoms with van der Waals surface area (Å²) in [5, 5.41) is 9.87. The van der Waals surface area contributed by atoms with E-state index in [1.54, 1.807) is 13.1 Å². The molecule has 1 aromatic heterocycles. The molecule has 1 aliphatic carbocycles. The summed E-state index contributed by atoms with van der Waals surface area (Å²) in [6, 6.07) is 8.35. The summed E-state index contributed by atoms with van der Waals surface area (Å²) in [7, 11) is 2.79. The molecule has 0 radical (unpaired) electrons. The Labute approximate surface area is 179 Å². The monoisotopic (exact) mass is 432 g/mol. The molecule has 1 aliphatic rings. The molecule has 2 N–H and O–H groups in total. The SMILES string of the molecule is COC(=O)c1cc(NC(=O)C(=O)NC(c2ccccc2Cl)C2CCCCC2)nn1C. The maximum atomic E-state index is 12.7. The number of carbonyl (C=O) groups excluding carboxylic acids is 3. The summed E-state index contributed by atoms with van der Waals surface area (Å²) in [6.07, 6.45) is 5.25. The van der Waals surface area contributed by atoms with Gasteiger partial charge in [0.15, 0.2) is 5.82 Å². The van der Waals surface area contributed by atoms with E-state index < -0.39 is 17.8 Å². The minimum absolute atomic E-state index is 0.0880. The molecule has 1 aromatic carbocycles. The number of hydrogen-bond acceptors (Lipinski definition) is 5. The quantitative estimate of drug-likeness (QED) is 0.557. The first-order valence-electron chi connectivity index (χ1n) is 9.89. The van der Waals surface area contributed by atoms with Crippen LogP contribution in [0.25, 0.3) is 0 Å². The fourth-order valence-corrected chi connectivity index (χ4v) is 4.10. The van der Waals surface area contributed by atoms with Crippen LogP contribution in [-0.4, -0.2) is 34.7 Å². The predicted octanol–water partition coefficient (Wildman–Crippen LogP) is 3.24. The van der Waals surface area contributed by atoms with Gasteiger partial charge in [0, 0.05) is 18.1 Å². The zero-order valence-electron chi connectivity index (χ0n) is 17.0. The number of methoxy groups -OCH3 is 1. The van der Waals surface area contributed by atoms with Gasteiger partial charge in [-0.25, -0.2) is 4.79 Å². The fourth-order valence-electron chi connectivity index (χ4n) is 3.85. The molecule has 8 nitrogen and oxygen atoms in total. The highest BCUT2D eigenvalue weighted by atomic mass is 35.5. The van der Waals surface area contributed by atoms with Crippen molar-refractivity contribution >= 4 is 35.2 Å². The lowest BCUT2D eigenvalue weighted by atomic mass is 9.81. The Bertz CT molecular complexity index is 937. The molecule has 1 unspecified atom stereocenters. The zero-order chi connectivity index (χ0) is 21.7. The first kappa shape index (κ1) is 21.8. The molecular weight excluding hydrogens is 408 g/mol. The number of amides is 2. The van der Waals surface area contributed by atoms with Crippen molar-refractivity contribution in [2.24, 2.45) is 13.0 Å². The number of nitrogens with one attached hydrogen (secondary N) is 2. The van der Waals surface area contributed by atoms with Gasteiger partial charge in [0.1, 0.15) is 5.69 Å². The molecule has 30 heavy (non-hydrogen) atoms. The van der Waals surface area contributed by atoms with Crippen molar-refractivity contribution in [3.63, 3.8) is 0 Å². The molecule has 0 spiro atoms. The van der Waals surface area contributed by atoms with Crippen molar-refractivity contribution in [3.05, 3.63) is 46.6 Å². The number of aryl methyl sites for hydroxylation is 1. The van der Waals surface area contributed by atoms with Crippen LogP contribution < -0.4 is 10.6 Å². The first-order chi connectivity index (χ1) is 14.4. The van der Waals surface area contributed by atoms with E-state index in [-0.39, 0.29) is 23.5 Å². The lowest BCUT2D eigenvalue weighted by molar-refractivity contribution is -0.137. The van der Waals surface area contributed by atoms with Crippen LogP contribution in [0.2, 0.25) is 5.02 Å². The Hall–Kier alpha value is -2.87. The largest absolute Gasteiger partial charge is 0.464 e. The molecule has 3 rings (SSSR count). The lowest BCUT2D eigenvalue weighted by Crippen LogP contribution is -2.41. The van der Waals surface area contributed by atoms with Gasteiger partial charge in [0.25, 0.3) is 0 Å². The van der Waals surface area contributed by atoms with E-state index >= 15 is 0 Å². The molecule has 1 saturated carbocycles. The smallest absolute Gasteiger partial charge is 0.356 e. The third kappa shape index (κ3) is 4.99. The molecule has 160 valence electrons. The molecule has 0 aliphatic heterocycles. The summed E-state index contributed by atoms with van der Waals surface area (Å²) in [5.41, 5.74) is 0.961. The van der Waals surface area contributed by atoms with Gasteiger partial charge in [-0.05, 0) is 30.4 Å².